The number of rotatable bonds is 1. The minimum absolute atomic E-state index is 0.0434. The van der Waals surface area contributed by atoms with Gasteiger partial charge < -0.3 is 14.6 Å². The van der Waals surface area contributed by atoms with E-state index in [4.69, 9.17) is 4.74 Å². The van der Waals surface area contributed by atoms with Crippen molar-refractivity contribution in [1.82, 2.24) is 4.98 Å². The normalized spacial score (nSPS) is 19.9. The maximum Gasteiger partial charge on any atom is 0.248 e. The molecular formula is C17H18N2O2. The molecule has 0 saturated carbocycles. The summed E-state index contributed by atoms with van der Waals surface area (Å²) in [5, 5.41) is 0. The van der Waals surface area contributed by atoms with E-state index in [1.165, 1.54) is 18.5 Å². The Morgan fingerprint density at radius 2 is 2.00 bits per heavy atom. The van der Waals surface area contributed by atoms with Crippen LogP contribution in [0.15, 0.2) is 35.1 Å². The first-order chi connectivity index (χ1) is 10.2. The molecule has 1 atom stereocenters. The van der Waals surface area contributed by atoms with Gasteiger partial charge in [0.1, 0.15) is 11.9 Å². The number of aromatic nitrogens is 1. The SMILES string of the molecule is CC1Oc2cc(N3CCCC3)ccc2-c2[nH]c(=O)ccc21. The van der Waals surface area contributed by atoms with Crippen LogP contribution in [0.2, 0.25) is 0 Å². The second-order valence-electron chi connectivity index (χ2n) is 5.79. The van der Waals surface area contributed by atoms with Crippen molar-refractivity contribution < 1.29 is 4.74 Å². The van der Waals surface area contributed by atoms with Crippen LogP contribution in [0.3, 0.4) is 0 Å². The third-order valence-electron chi connectivity index (χ3n) is 4.40. The fourth-order valence-electron chi connectivity index (χ4n) is 3.29. The zero-order valence-electron chi connectivity index (χ0n) is 12.1. The first kappa shape index (κ1) is 12.5. The number of ether oxygens (including phenoxy) is 1. The van der Waals surface area contributed by atoms with Crippen molar-refractivity contribution in [3.63, 3.8) is 0 Å². The monoisotopic (exact) mass is 282 g/mol. The van der Waals surface area contributed by atoms with E-state index in [-0.39, 0.29) is 11.7 Å². The average molecular weight is 282 g/mol. The summed E-state index contributed by atoms with van der Waals surface area (Å²) in [6.45, 7) is 4.24. The topological polar surface area (TPSA) is 45.3 Å². The van der Waals surface area contributed by atoms with Gasteiger partial charge in [-0.15, -0.1) is 0 Å². The highest BCUT2D eigenvalue weighted by molar-refractivity contribution is 5.75. The maximum atomic E-state index is 11.6. The highest BCUT2D eigenvalue weighted by Gasteiger charge is 2.25. The first-order valence-electron chi connectivity index (χ1n) is 7.51. The number of hydrogen-bond donors (Lipinski definition) is 1. The molecule has 0 aliphatic carbocycles. The fourth-order valence-corrected chi connectivity index (χ4v) is 3.29. The average Bonchev–Trinajstić information content (AvgIpc) is 3.01. The number of aromatic amines is 1. The summed E-state index contributed by atoms with van der Waals surface area (Å²) in [7, 11) is 0. The van der Waals surface area contributed by atoms with E-state index < -0.39 is 0 Å². The molecule has 21 heavy (non-hydrogen) atoms. The number of pyridine rings is 1. The summed E-state index contributed by atoms with van der Waals surface area (Å²) in [6, 6.07) is 9.70. The molecule has 4 heteroatoms. The Morgan fingerprint density at radius 3 is 2.81 bits per heavy atom. The first-order valence-corrected chi connectivity index (χ1v) is 7.51. The van der Waals surface area contributed by atoms with Gasteiger partial charge in [0.25, 0.3) is 0 Å². The Morgan fingerprint density at radius 1 is 1.19 bits per heavy atom. The van der Waals surface area contributed by atoms with Gasteiger partial charge >= 0.3 is 0 Å². The van der Waals surface area contributed by atoms with Crippen molar-refractivity contribution in [3.05, 3.63) is 46.2 Å². The quantitative estimate of drug-likeness (QED) is 0.874. The van der Waals surface area contributed by atoms with Crippen LogP contribution >= 0.6 is 0 Å². The molecule has 1 N–H and O–H groups in total. The lowest BCUT2D eigenvalue weighted by Crippen LogP contribution is -2.19. The molecule has 0 spiro atoms. The van der Waals surface area contributed by atoms with Crippen molar-refractivity contribution in [2.75, 3.05) is 18.0 Å². The van der Waals surface area contributed by atoms with Crippen LogP contribution in [0.25, 0.3) is 11.3 Å². The summed E-state index contributed by atoms with van der Waals surface area (Å²) < 4.78 is 6.05. The molecule has 1 unspecified atom stereocenters. The molecule has 0 amide bonds. The molecule has 0 bridgehead atoms. The second kappa shape index (κ2) is 4.65. The largest absolute Gasteiger partial charge is 0.485 e. The predicted molar refractivity (Wildman–Crippen MR) is 83.0 cm³/mol. The Hall–Kier alpha value is -2.23. The highest BCUT2D eigenvalue weighted by atomic mass is 16.5. The Balaban J connectivity index is 1.83. The molecule has 108 valence electrons. The van der Waals surface area contributed by atoms with Gasteiger partial charge in [-0.05, 0) is 38.0 Å². The van der Waals surface area contributed by atoms with Crippen LogP contribution in [0.1, 0.15) is 31.4 Å². The van der Waals surface area contributed by atoms with Crippen LogP contribution in [0.4, 0.5) is 5.69 Å². The number of H-pyrrole nitrogens is 1. The molecule has 2 aliphatic heterocycles. The zero-order valence-corrected chi connectivity index (χ0v) is 12.1. The number of hydrogen-bond acceptors (Lipinski definition) is 3. The standard InChI is InChI=1S/C17H18N2O2/c1-11-13-6-7-16(20)18-17(13)14-5-4-12(10-15(14)21-11)19-8-2-3-9-19/h4-7,10-11H,2-3,8-9H2,1H3,(H,18,20). The summed E-state index contributed by atoms with van der Waals surface area (Å²) in [6.07, 6.45) is 2.47. The van der Waals surface area contributed by atoms with E-state index in [2.05, 4.69) is 28.1 Å². The molecule has 3 heterocycles. The lowest BCUT2D eigenvalue weighted by Gasteiger charge is -2.27. The van der Waals surface area contributed by atoms with E-state index in [1.807, 2.05) is 13.0 Å². The van der Waals surface area contributed by atoms with E-state index >= 15 is 0 Å². The number of nitrogens with one attached hydrogen (secondary N) is 1. The molecule has 4 rings (SSSR count). The lowest BCUT2D eigenvalue weighted by molar-refractivity contribution is 0.222. The van der Waals surface area contributed by atoms with Gasteiger partial charge in [-0.1, -0.05) is 0 Å². The molecule has 2 aromatic rings. The van der Waals surface area contributed by atoms with E-state index in [0.717, 1.165) is 35.7 Å². The third kappa shape index (κ3) is 2.02. The molecule has 4 nitrogen and oxygen atoms in total. The van der Waals surface area contributed by atoms with Crippen LogP contribution in [0, 0.1) is 0 Å². The summed E-state index contributed by atoms with van der Waals surface area (Å²) in [5.74, 6) is 0.862. The fraction of sp³-hybridized carbons (Fsp3) is 0.353. The Labute approximate surface area is 123 Å². The zero-order chi connectivity index (χ0) is 14.4. The van der Waals surface area contributed by atoms with Crippen LogP contribution in [-0.4, -0.2) is 18.1 Å². The molecule has 2 aliphatic rings. The minimum atomic E-state index is -0.0718. The molecule has 1 saturated heterocycles. The van der Waals surface area contributed by atoms with Crippen molar-refractivity contribution in [2.45, 2.75) is 25.9 Å². The number of benzene rings is 1. The van der Waals surface area contributed by atoms with Crippen LogP contribution < -0.4 is 15.2 Å². The van der Waals surface area contributed by atoms with Gasteiger partial charge in [-0.25, -0.2) is 0 Å². The Kier molecular flexibility index (Phi) is 2.77. The van der Waals surface area contributed by atoms with Crippen LogP contribution in [-0.2, 0) is 0 Å². The minimum Gasteiger partial charge on any atom is -0.485 e. The molecule has 0 radical (unpaired) electrons. The molecular weight excluding hydrogens is 264 g/mol. The van der Waals surface area contributed by atoms with E-state index in [9.17, 15) is 4.79 Å². The van der Waals surface area contributed by atoms with Crippen molar-refractivity contribution in [2.24, 2.45) is 0 Å². The smallest absolute Gasteiger partial charge is 0.248 e. The Bertz CT molecular complexity index is 745. The molecule has 1 aromatic carbocycles. The predicted octanol–water partition coefficient (Wildman–Crippen LogP) is 3.10. The summed E-state index contributed by atoms with van der Waals surface area (Å²) in [5.41, 5.74) is 4.04. The van der Waals surface area contributed by atoms with Gasteiger partial charge in [0.15, 0.2) is 0 Å². The second-order valence-corrected chi connectivity index (χ2v) is 5.79. The maximum absolute atomic E-state index is 11.6. The van der Waals surface area contributed by atoms with E-state index in [0.29, 0.717) is 0 Å². The van der Waals surface area contributed by atoms with E-state index in [1.54, 1.807) is 6.07 Å². The van der Waals surface area contributed by atoms with Gasteiger partial charge in [0, 0.05) is 42.0 Å². The summed E-state index contributed by atoms with van der Waals surface area (Å²) in [4.78, 5) is 17.0. The van der Waals surface area contributed by atoms with Gasteiger partial charge in [0.05, 0.1) is 5.69 Å². The van der Waals surface area contributed by atoms with Crippen molar-refractivity contribution >= 4 is 5.69 Å². The van der Waals surface area contributed by atoms with Crippen molar-refractivity contribution in [1.29, 1.82) is 0 Å². The highest BCUT2D eigenvalue weighted by Crippen LogP contribution is 2.42. The lowest BCUT2D eigenvalue weighted by atomic mass is 9.98. The number of fused-ring (bicyclic) bond motifs is 3. The molecule has 1 aromatic heterocycles. The van der Waals surface area contributed by atoms with Crippen molar-refractivity contribution in [3.8, 4) is 17.0 Å². The van der Waals surface area contributed by atoms with Gasteiger partial charge in [0.2, 0.25) is 5.56 Å². The molecule has 1 fully saturated rings. The van der Waals surface area contributed by atoms with Crippen LogP contribution in [0.5, 0.6) is 5.75 Å². The van der Waals surface area contributed by atoms with Gasteiger partial charge in [-0.3, -0.25) is 4.79 Å². The number of nitrogens with zero attached hydrogens (tertiary/aromatic N) is 1. The van der Waals surface area contributed by atoms with Gasteiger partial charge in [-0.2, -0.15) is 0 Å². The third-order valence-corrected chi connectivity index (χ3v) is 4.40. The number of anilines is 1. The summed E-state index contributed by atoms with van der Waals surface area (Å²) >= 11 is 0.